The Morgan fingerprint density at radius 2 is 1.73 bits per heavy atom. The van der Waals surface area contributed by atoms with Gasteiger partial charge in [0.15, 0.2) is 12.4 Å². The lowest BCUT2D eigenvalue weighted by molar-refractivity contribution is -0.685. The third-order valence-corrected chi connectivity index (χ3v) is 13.4. The molecule has 1 unspecified atom stereocenters. The molecule has 1 fully saturated rings. The molecule has 1 aromatic heterocycles. The van der Waals surface area contributed by atoms with Crippen molar-refractivity contribution in [3.8, 4) is 5.75 Å². The minimum absolute atomic E-state index is 0. The molecule has 1 saturated heterocycles. The summed E-state index contributed by atoms with van der Waals surface area (Å²) >= 11 is 16.1. The number of nitrogens with one attached hydrogen (secondary N) is 2. The van der Waals surface area contributed by atoms with E-state index in [9.17, 15) is 39.0 Å². The molecule has 2 aliphatic rings. The summed E-state index contributed by atoms with van der Waals surface area (Å²) in [5.74, 6) is -2.61. The van der Waals surface area contributed by atoms with E-state index in [0.29, 0.717) is 37.6 Å². The Hall–Kier alpha value is -4.14. The number of fused-ring (bicyclic) bond motifs is 1. The smallest absolute Gasteiger partial charge is 0.407 e. The summed E-state index contributed by atoms with van der Waals surface area (Å²) in [6, 6.07) is 13.3. The fraction of sp³-hybridized carbons (Fsp3) is 0.390. The van der Waals surface area contributed by atoms with Crippen LogP contribution in [-0.2, 0) is 41.7 Å². The Bertz CT molecular complexity index is 2160. The topological polar surface area (TPSA) is 196 Å². The average molecular weight is 1020 g/mol. The van der Waals surface area contributed by atoms with Gasteiger partial charge < -0.3 is 52.2 Å². The van der Waals surface area contributed by atoms with E-state index < -0.39 is 58.8 Å². The monoisotopic (exact) mass is 1010 g/mol. The maximum atomic E-state index is 13.8. The quantitative estimate of drug-likeness (QED) is 0.0593. The normalized spacial score (nSPS) is 16.2. The Morgan fingerprint density at radius 3 is 2.35 bits per heavy atom. The van der Waals surface area contributed by atoms with Crippen LogP contribution in [0.3, 0.4) is 0 Å². The van der Waals surface area contributed by atoms with Crippen LogP contribution in [0.5, 0.6) is 5.75 Å². The van der Waals surface area contributed by atoms with Gasteiger partial charge in [-0.25, -0.2) is 14.4 Å². The lowest BCUT2D eigenvalue weighted by atomic mass is 10.0. The summed E-state index contributed by atoms with van der Waals surface area (Å²) in [7, 11) is 1.53. The van der Waals surface area contributed by atoms with Crippen LogP contribution >= 0.6 is 58.5 Å². The number of rotatable bonds is 19. The number of thioether (sulfide) groups is 3. The number of methoxy groups -OCH3 is 1. The van der Waals surface area contributed by atoms with Crippen molar-refractivity contribution in [3.05, 3.63) is 93.9 Å². The number of carboxylic acids is 2. The van der Waals surface area contributed by atoms with Gasteiger partial charge >= 0.3 is 18.0 Å². The molecule has 3 aromatic rings. The molecular formula is C41H46BrCl2N5O10S3. The van der Waals surface area contributed by atoms with Gasteiger partial charge in [0.2, 0.25) is 12.5 Å². The van der Waals surface area contributed by atoms with Crippen LogP contribution in [0.2, 0.25) is 10.0 Å². The molecule has 4 N–H and O–H groups in total. The predicted molar refractivity (Wildman–Crippen MR) is 233 cm³/mol. The molecule has 0 aliphatic carbocycles. The number of hydrogen-bond donors (Lipinski definition) is 4. The summed E-state index contributed by atoms with van der Waals surface area (Å²) in [5, 5.41) is 26.2. The highest BCUT2D eigenvalue weighted by Gasteiger charge is 2.54. The molecule has 15 nitrogen and oxygen atoms in total. The van der Waals surface area contributed by atoms with Gasteiger partial charge in [0.05, 0.1) is 17.9 Å². The third kappa shape index (κ3) is 13.9. The van der Waals surface area contributed by atoms with E-state index in [-0.39, 0.29) is 66.7 Å². The molecule has 5 rings (SSSR count). The van der Waals surface area contributed by atoms with Crippen LogP contribution in [0.25, 0.3) is 0 Å². The first-order valence-electron chi connectivity index (χ1n) is 18.9. The van der Waals surface area contributed by atoms with Crippen LogP contribution < -0.4 is 36.9 Å². The highest BCUT2D eigenvalue weighted by molar-refractivity contribution is 8.01. The van der Waals surface area contributed by atoms with Crippen molar-refractivity contribution in [1.82, 2.24) is 20.4 Å². The summed E-state index contributed by atoms with van der Waals surface area (Å²) < 4.78 is 12.1. The second-order valence-electron chi connectivity index (χ2n) is 14.8. The number of pyridine rings is 1. The van der Waals surface area contributed by atoms with Gasteiger partial charge in [-0.3, -0.25) is 19.3 Å². The maximum Gasteiger partial charge on any atom is 0.407 e. The molecule has 3 heterocycles. The summed E-state index contributed by atoms with van der Waals surface area (Å²) in [5.41, 5.74) is 0.435. The third-order valence-electron chi connectivity index (χ3n) is 9.22. The fourth-order valence-electron chi connectivity index (χ4n) is 6.33. The number of aliphatic carboxylic acids is 2. The number of alkyl carbamates (subject to hydrolysis) is 1. The highest BCUT2D eigenvalue weighted by atomic mass is 79.9. The van der Waals surface area contributed by atoms with Crippen LogP contribution in [0.15, 0.2) is 88.1 Å². The summed E-state index contributed by atoms with van der Waals surface area (Å²) in [6.07, 6.45) is 3.03. The summed E-state index contributed by atoms with van der Waals surface area (Å²) in [4.78, 5) is 81.0. The number of nitrogens with zero attached hydrogens (tertiary/aromatic N) is 3. The second-order valence-corrected chi connectivity index (χ2v) is 18.9. The molecule has 0 spiro atoms. The number of ether oxygens (including phenoxy) is 2. The highest BCUT2D eigenvalue weighted by Crippen LogP contribution is 2.42. The number of carbonyl (C=O) groups excluding carboxylic acids is 4. The van der Waals surface area contributed by atoms with Crippen molar-refractivity contribution in [2.75, 3.05) is 37.5 Å². The molecule has 4 amide bonds. The molecule has 2 aliphatic heterocycles. The van der Waals surface area contributed by atoms with Crippen molar-refractivity contribution in [2.24, 2.45) is 0 Å². The van der Waals surface area contributed by atoms with E-state index in [1.54, 1.807) is 92.3 Å². The minimum Gasteiger partial charge on any atom is -1.00 e. The van der Waals surface area contributed by atoms with Crippen molar-refractivity contribution in [3.63, 3.8) is 0 Å². The Labute approximate surface area is 392 Å². The van der Waals surface area contributed by atoms with Crippen LogP contribution in [0, 0.1) is 0 Å². The number of carbonyl (C=O) groups is 6. The zero-order chi connectivity index (χ0) is 44.4. The number of amides is 4. The molecular weight excluding hydrogens is 969 g/mol. The van der Waals surface area contributed by atoms with E-state index >= 15 is 0 Å². The average Bonchev–Trinajstić information content (AvgIpc) is 3.21. The zero-order valence-corrected chi connectivity index (χ0v) is 39.6. The Balaban J connectivity index is 0.00000845. The van der Waals surface area contributed by atoms with Gasteiger partial charge in [-0.1, -0.05) is 35.3 Å². The number of hydrogen-bond acceptors (Lipinski definition) is 11. The van der Waals surface area contributed by atoms with Gasteiger partial charge in [-0.15, -0.1) is 35.3 Å². The van der Waals surface area contributed by atoms with Crippen molar-refractivity contribution in [2.45, 2.75) is 73.0 Å². The first kappa shape index (κ1) is 50.5. The van der Waals surface area contributed by atoms with E-state index in [2.05, 4.69) is 10.6 Å². The number of β-lactam (4-membered cyclic amide) rings is 1. The van der Waals surface area contributed by atoms with E-state index in [4.69, 9.17) is 32.7 Å². The minimum atomic E-state index is -1.24. The molecule has 0 bridgehead atoms. The second kappa shape index (κ2) is 23.0. The number of aromatic nitrogens is 1. The first-order chi connectivity index (χ1) is 28.9. The van der Waals surface area contributed by atoms with Gasteiger partial charge in [-0.05, 0) is 68.7 Å². The van der Waals surface area contributed by atoms with E-state index in [1.165, 1.54) is 52.2 Å². The molecule has 0 radical (unpaired) electrons. The van der Waals surface area contributed by atoms with Gasteiger partial charge in [0.25, 0.3) is 11.8 Å². The van der Waals surface area contributed by atoms with Gasteiger partial charge in [-0.2, -0.15) is 4.57 Å². The zero-order valence-electron chi connectivity index (χ0n) is 34.1. The Morgan fingerprint density at radius 1 is 1.03 bits per heavy atom. The standard InChI is InChI=1S/C41H45Cl2N5O10S3.BrH/c1-41(2,3)58-40(56)44-14-5-15-47(30(38(52)53)18-24-6-9-27(57-4)10-7-24)33(50)20-46-16-12-28(13-17-46)59-21-25-22-61-37-34(36(51)48(37)35(25)39(54)55)45-32(49)23-60-31-19-26(42)8-11-29(31)43;/h6-13,16-17,19,30,34,37H,5,14-15,18,20-23H2,1-4H3,(H3-,44,45,49,52,53,54,55,56);1H/t30?,34-,37-;/m1./s1. The number of benzene rings is 2. The van der Waals surface area contributed by atoms with Crippen LogP contribution in [0.4, 0.5) is 4.79 Å². The largest absolute Gasteiger partial charge is 1.00 e. The predicted octanol–water partition coefficient (Wildman–Crippen LogP) is 2.36. The van der Waals surface area contributed by atoms with E-state index in [0.717, 1.165) is 4.90 Å². The molecule has 0 saturated carbocycles. The molecule has 3 atom stereocenters. The van der Waals surface area contributed by atoms with Crippen molar-refractivity contribution in [1.29, 1.82) is 0 Å². The van der Waals surface area contributed by atoms with E-state index in [1.807, 2.05) is 0 Å². The lowest BCUT2D eigenvalue weighted by Crippen LogP contribution is -3.00. The van der Waals surface area contributed by atoms with Crippen LogP contribution in [-0.4, -0.2) is 116 Å². The van der Waals surface area contributed by atoms with Crippen molar-refractivity contribution < 1.29 is 70.0 Å². The number of halogens is 3. The SMILES string of the molecule is COc1ccc(CC(C(=O)O)N(CCCNC(=O)OC(C)(C)C)C(=O)C[n+]2ccc(SCC3=C(C(=O)O)N4C(=O)[C@@H](NC(=O)CSc5cc(Cl)ccc5Cl)[C@H]4SC3)cc2)cc1.[Br-]. The molecule has 62 heavy (non-hydrogen) atoms. The molecule has 2 aromatic carbocycles. The van der Waals surface area contributed by atoms with Crippen molar-refractivity contribution >= 4 is 94.2 Å². The molecule has 334 valence electrons. The van der Waals surface area contributed by atoms with Gasteiger partial charge in [0.1, 0.15) is 34.5 Å². The number of carboxylic acid groups (broad SMARTS) is 2. The Kier molecular flexibility index (Phi) is 18.7. The first-order valence-corrected chi connectivity index (χ1v) is 22.7. The van der Waals surface area contributed by atoms with Gasteiger partial charge in [0, 0.05) is 58.0 Å². The van der Waals surface area contributed by atoms with Crippen LogP contribution in [0.1, 0.15) is 32.8 Å². The molecule has 21 heteroatoms. The maximum absolute atomic E-state index is 13.8. The lowest BCUT2D eigenvalue weighted by Gasteiger charge is -2.49. The fourth-order valence-corrected chi connectivity index (χ4v) is 10.0. The summed E-state index contributed by atoms with van der Waals surface area (Å²) in [6.45, 7) is 5.23.